The average Bonchev–Trinajstić information content (AvgIpc) is 2.79. The van der Waals surface area contributed by atoms with E-state index in [2.05, 4.69) is 10.1 Å². The highest BCUT2D eigenvalue weighted by molar-refractivity contribution is 5.80. The van der Waals surface area contributed by atoms with Gasteiger partial charge in [0.05, 0.1) is 6.42 Å². The first kappa shape index (κ1) is 8.41. The number of carbonyl (C=O) groups excluding carboxylic acids is 1. The predicted molar refractivity (Wildman–Crippen MR) is 47.1 cm³/mol. The Kier molecular flexibility index (Phi) is 2.12. The Morgan fingerprint density at radius 2 is 2.46 bits per heavy atom. The fraction of sp³-hybridized carbons (Fsp3) is 0.667. The van der Waals surface area contributed by atoms with Gasteiger partial charge in [0.15, 0.2) is 0 Å². The summed E-state index contributed by atoms with van der Waals surface area (Å²) in [4.78, 5) is 15.4. The number of aryl methyl sites for hydroxylation is 1. The second-order valence-corrected chi connectivity index (χ2v) is 3.66. The second-order valence-electron chi connectivity index (χ2n) is 3.66. The van der Waals surface area contributed by atoms with E-state index in [-0.39, 0.29) is 0 Å². The van der Waals surface area contributed by atoms with E-state index in [0.717, 1.165) is 12.2 Å². The van der Waals surface area contributed by atoms with Crippen LogP contribution in [0.15, 0.2) is 6.33 Å². The van der Waals surface area contributed by atoms with Gasteiger partial charge in [0, 0.05) is 13.5 Å². The summed E-state index contributed by atoms with van der Waals surface area (Å²) in [5, 5.41) is 3.92. The van der Waals surface area contributed by atoms with Gasteiger partial charge in [0.25, 0.3) is 0 Å². The molecule has 1 saturated carbocycles. The molecule has 4 heteroatoms. The number of rotatable bonds is 4. The van der Waals surface area contributed by atoms with Crippen LogP contribution < -0.4 is 0 Å². The van der Waals surface area contributed by atoms with Crippen molar-refractivity contribution < 1.29 is 4.79 Å². The van der Waals surface area contributed by atoms with Gasteiger partial charge in [-0.2, -0.15) is 5.10 Å². The number of aromatic nitrogens is 3. The second kappa shape index (κ2) is 3.28. The average molecular weight is 179 g/mol. The minimum atomic E-state index is 0.290. The smallest absolute Gasteiger partial charge is 0.140 e. The molecule has 0 N–H and O–H groups in total. The van der Waals surface area contributed by atoms with Gasteiger partial charge in [0.1, 0.15) is 17.9 Å². The molecule has 1 fully saturated rings. The van der Waals surface area contributed by atoms with Crippen LogP contribution in [-0.2, 0) is 18.3 Å². The maximum absolute atomic E-state index is 11.4. The molecule has 1 aliphatic rings. The maximum atomic E-state index is 11.4. The van der Waals surface area contributed by atoms with Crippen molar-refractivity contribution in [2.75, 3.05) is 0 Å². The summed E-state index contributed by atoms with van der Waals surface area (Å²) in [5.74, 6) is 1.73. The van der Waals surface area contributed by atoms with Crippen molar-refractivity contribution in [3.63, 3.8) is 0 Å². The number of hydrogen-bond donors (Lipinski definition) is 0. The van der Waals surface area contributed by atoms with Crippen LogP contribution in [0, 0.1) is 5.92 Å². The first-order valence-corrected chi connectivity index (χ1v) is 4.60. The Morgan fingerprint density at radius 3 is 3.00 bits per heavy atom. The van der Waals surface area contributed by atoms with Crippen LogP contribution >= 0.6 is 0 Å². The minimum absolute atomic E-state index is 0.290. The third-order valence-corrected chi connectivity index (χ3v) is 2.37. The molecule has 0 aromatic carbocycles. The zero-order valence-corrected chi connectivity index (χ0v) is 7.73. The topological polar surface area (TPSA) is 47.8 Å². The van der Waals surface area contributed by atoms with Crippen LogP contribution in [0.1, 0.15) is 25.1 Å². The van der Waals surface area contributed by atoms with Crippen LogP contribution in [0.5, 0.6) is 0 Å². The van der Waals surface area contributed by atoms with E-state index in [1.165, 1.54) is 19.2 Å². The first-order valence-electron chi connectivity index (χ1n) is 4.60. The number of nitrogens with zero attached hydrogens (tertiary/aromatic N) is 3. The molecule has 0 radical (unpaired) electrons. The van der Waals surface area contributed by atoms with Crippen molar-refractivity contribution >= 4 is 5.78 Å². The molecule has 70 valence electrons. The van der Waals surface area contributed by atoms with E-state index in [1.54, 1.807) is 4.68 Å². The number of ketones is 1. The Bertz CT molecular complexity index is 314. The Hall–Kier alpha value is -1.19. The molecule has 1 aliphatic carbocycles. The highest BCUT2D eigenvalue weighted by atomic mass is 16.1. The molecule has 13 heavy (non-hydrogen) atoms. The van der Waals surface area contributed by atoms with E-state index in [4.69, 9.17) is 0 Å². The molecule has 0 atom stereocenters. The highest BCUT2D eigenvalue weighted by Crippen LogP contribution is 2.32. The lowest BCUT2D eigenvalue weighted by Gasteiger charge is -1.98. The van der Waals surface area contributed by atoms with Crippen LogP contribution in [0.25, 0.3) is 0 Å². The van der Waals surface area contributed by atoms with Crippen molar-refractivity contribution in [3.05, 3.63) is 12.2 Å². The third-order valence-electron chi connectivity index (χ3n) is 2.37. The standard InChI is InChI=1S/C9H13N3O/c1-12-9(10-6-11-12)5-8(13)4-7-2-3-7/h6-7H,2-5H2,1H3. The van der Waals surface area contributed by atoms with E-state index in [1.807, 2.05) is 7.05 Å². The lowest BCUT2D eigenvalue weighted by molar-refractivity contribution is -0.118. The van der Waals surface area contributed by atoms with Gasteiger partial charge in [0.2, 0.25) is 0 Å². The SMILES string of the molecule is Cn1ncnc1CC(=O)CC1CC1. The van der Waals surface area contributed by atoms with Crippen molar-refractivity contribution in [1.29, 1.82) is 0 Å². The zero-order valence-electron chi connectivity index (χ0n) is 7.73. The van der Waals surface area contributed by atoms with Gasteiger partial charge in [-0.05, 0) is 18.8 Å². The van der Waals surface area contributed by atoms with E-state index >= 15 is 0 Å². The zero-order chi connectivity index (χ0) is 9.26. The van der Waals surface area contributed by atoms with Gasteiger partial charge in [-0.1, -0.05) is 0 Å². The summed E-state index contributed by atoms with van der Waals surface area (Å²) >= 11 is 0. The molecular weight excluding hydrogens is 166 g/mol. The highest BCUT2D eigenvalue weighted by Gasteiger charge is 2.24. The monoisotopic (exact) mass is 179 g/mol. The number of Topliss-reactive ketones (excluding diaryl/α,β-unsaturated/α-hetero) is 1. The van der Waals surface area contributed by atoms with Gasteiger partial charge >= 0.3 is 0 Å². The molecule has 0 saturated heterocycles. The predicted octanol–water partition coefficient (Wildman–Crippen LogP) is 0.727. The van der Waals surface area contributed by atoms with Gasteiger partial charge < -0.3 is 0 Å². The van der Waals surface area contributed by atoms with Crippen LogP contribution in [0.2, 0.25) is 0 Å². The Balaban J connectivity index is 1.89. The lowest BCUT2D eigenvalue weighted by Crippen LogP contribution is -2.09. The third kappa shape index (κ3) is 2.14. The van der Waals surface area contributed by atoms with Crippen LogP contribution in [0.4, 0.5) is 0 Å². The summed E-state index contributed by atoms with van der Waals surface area (Å²) in [7, 11) is 1.81. The molecule has 0 bridgehead atoms. The lowest BCUT2D eigenvalue weighted by atomic mass is 10.1. The Morgan fingerprint density at radius 1 is 1.69 bits per heavy atom. The van der Waals surface area contributed by atoms with Crippen molar-refractivity contribution in [1.82, 2.24) is 14.8 Å². The van der Waals surface area contributed by atoms with Crippen molar-refractivity contribution in [3.8, 4) is 0 Å². The molecular formula is C9H13N3O. The molecule has 0 amide bonds. The van der Waals surface area contributed by atoms with Crippen molar-refractivity contribution in [2.45, 2.75) is 25.7 Å². The van der Waals surface area contributed by atoms with Crippen LogP contribution in [-0.4, -0.2) is 20.5 Å². The fourth-order valence-corrected chi connectivity index (χ4v) is 1.37. The number of hydrogen-bond acceptors (Lipinski definition) is 3. The van der Waals surface area contributed by atoms with Gasteiger partial charge in [-0.25, -0.2) is 4.98 Å². The molecule has 1 heterocycles. The normalized spacial score (nSPS) is 16.1. The molecule has 4 nitrogen and oxygen atoms in total. The quantitative estimate of drug-likeness (QED) is 0.684. The maximum Gasteiger partial charge on any atom is 0.140 e. The summed E-state index contributed by atoms with van der Waals surface area (Å²) in [6.45, 7) is 0. The van der Waals surface area contributed by atoms with Gasteiger partial charge in [-0.15, -0.1) is 0 Å². The molecule has 0 spiro atoms. The summed E-state index contributed by atoms with van der Waals surface area (Å²) < 4.78 is 1.66. The fourth-order valence-electron chi connectivity index (χ4n) is 1.37. The van der Waals surface area contributed by atoms with E-state index < -0.39 is 0 Å². The molecule has 1 aromatic rings. The molecule has 1 aromatic heterocycles. The molecule has 2 rings (SSSR count). The van der Waals surface area contributed by atoms with Crippen LogP contribution in [0.3, 0.4) is 0 Å². The van der Waals surface area contributed by atoms with E-state index in [9.17, 15) is 4.79 Å². The summed E-state index contributed by atoms with van der Waals surface area (Å²) in [6, 6.07) is 0. The first-order chi connectivity index (χ1) is 6.25. The van der Waals surface area contributed by atoms with E-state index in [0.29, 0.717) is 18.1 Å². The Labute approximate surface area is 77.0 Å². The minimum Gasteiger partial charge on any atom is -0.299 e. The van der Waals surface area contributed by atoms with Gasteiger partial charge in [-0.3, -0.25) is 9.48 Å². The molecule has 0 aliphatic heterocycles. The summed E-state index contributed by atoms with van der Waals surface area (Å²) in [5.41, 5.74) is 0. The van der Waals surface area contributed by atoms with Crippen molar-refractivity contribution in [2.24, 2.45) is 13.0 Å². The largest absolute Gasteiger partial charge is 0.299 e. The number of carbonyl (C=O) groups is 1. The molecule has 0 unspecified atom stereocenters. The summed E-state index contributed by atoms with van der Waals surface area (Å²) in [6.07, 6.45) is 5.11.